The number of aromatic nitrogens is 4. The Hall–Kier alpha value is -2.80. The molecule has 3 aromatic heterocycles. The van der Waals surface area contributed by atoms with Crippen molar-refractivity contribution in [3.8, 4) is 11.1 Å². The highest BCUT2D eigenvalue weighted by Crippen LogP contribution is 2.26. The average molecular weight is 350 g/mol. The van der Waals surface area contributed by atoms with Crippen molar-refractivity contribution < 1.29 is 4.79 Å². The smallest absolute Gasteiger partial charge is 0.228 e. The van der Waals surface area contributed by atoms with E-state index in [-0.39, 0.29) is 17.9 Å². The summed E-state index contributed by atoms with van der Waals surface area (Å²) in [5.41, 5.74) is 8.69. The van der Waals surface area contributed by atoms with Crippen LogP contribution in [0.1, 0.15) is 25.7 Å². The van der Waals surface area contributed by atoms with E-state index in [9.17, 15) is 4.79 Å². The zero-order valence-electron chi connectivity index (χ0n) is 14.7. The minimum Gasteiger partial charge on any atom is -0.328 e. The SMILES string of the molecule is Cn1cc(-c2cnc3cnc(NC(=O)C4CCC(N)CC4)cc3c2)cn1. The predicted octanol–water partition coefficient (Wildman–Crippen LogP) is 2.49. The lowest BCUT2D eigenvalue weighted by Gasteiger charge is -2.24. The number of aryl methyl sites for hydroxylation is 1. The third-order valence-electron chi connectivity index (χ3n) is 5.00. The van der Waals surface area contributed by atoms with Crippen LogP contribution < -0.4 is 11.1 Å². The second-order valence-corrected chi connectivity index (χ2v) is 6.99. The van der Waals surface area contributed by atoms with Gasteiger partial charge in [0, 0.05) is 47.9 Å². The molecule has 0 unspecified atom stereocenters. The molecule has 0 atom stereocenters. The standard InChI is InChI=1S/C19H22N6O/c1-25-11-15(9-23-25)14-6-13-7-18(22-10-17(13)21-8-14)24-19(26)12-2-4-16(20)5-3-12/h6-12,16H,2-5,20H2,1H3,(H,22,24,26). The molecule has 1 amide bonds. The van der Waals surface area contributed by atoms with Crippen LogP contribution in [0.25, 0.3) is 22.0 Å². The van der Waals surface area contributed by atoms with Crippen molar-refractivity contribution in [3.05, 3.63) is 36.9 Å². The summed E-state index contributed by atoms with van der Waals surface area (Å²) in [5.74, 6) is 0.606. The van der Waals surface area contributed by atoms with Crippen molar-refractivity contribution in [2.75, 3.05) is 5.32 Å². The lowest BCUT2D eigenvalue weighted by molar-refractivity contribution is -0.120. The maximum atomic E-state index is 12.5. The van der Waals surface area contributed by atoms with Gasteiger partial charge in [-0.2, -0.15) is 5.10 Å². The highest BCUT2D eigenvalue weighted by atomic mass is 16.1. The largest absolute Gasteiger partial charge is 0.328 e. The monoisotopic (exact) mass is 350 g/mol. The molecule has 1 saturated carbocycles. The van der Waals surface area contributed by atoms with Gasteiger partial charge in [0.2, 0.25) is 5.91 Å². The van der Waals surface area contributed by atoms with Crippen LogP contribution in [0.4, 0.5) is 5.82 Å². The zero-order chi connectivity index (χ0) is 18.1. The molecule has 0 radical (unpaired) electrons. The number of carbonyl (C=O) groups is 1. The number of hydrogen-bond donors (Lipinski definition) is 2. The van der Waals surface area contributed by atoms with Crippen molar-refractivity contribution in [3.63, 3.8) is 0 Å². The number of anilines is 1. The van der Waals surface area contributed by atoms with E-state index in [1.807, 2.05) is 31.6 Å². The number of carbonyl (C=O) groups excluding carboxylic acids is 1. The van der Waals surface area contributed by atoms with Gasteiger partial charge in [-0.3, -0.25) is 14.5 Å². The minimum absolute atomic E-state index is 0.0205. The highest BCUT2D eigenvalue weighted by molar-refractivity contribution is 5.94. The van der Waals surface area contributed by atoms with Crippen LogP contribution in [-0.4, -0.2) is 31.7 Å². The fourth-order valence-electron chi connectivity index (χ4n) is 3.44. The summed E-state index contributed by atoms with van der Waals surface area (Å²) in [6.45, 7) is 0. The molecule has 0 saturated heterocycles. The molecule has 1 aliphatic rings. The molecule has 4 rings (SSSR count). The van der Waals surface area contributed by atoms with Crippen LogP contribution in [0, 0.1) is 5.92 Å². The molecule has 1 aliphatic carbocycles. The Morgan fingerprint density at radius 3 is 2.65 bits per heavy atom. The van der Waals surface area contributed by atoms with E-state index < -0.39 is 0 Å². The van der Waals surface area contributed by atoms with Crippen LogP contribution in [0.3, 0.4) is 0 Å². The van der Waals surface area contributed by atoms with Gasteiger partial charge in [0.1, 0.15) is 5.82 Å². The summed E-state index contributed by atoms with van der Waals surface area (Å²) in [6, 6.07) is 4.14. The molecule has 0 spiro atoms. The molecule has 0 aromatic carbocycles. The molecule has 26 heavy (non-hydrogen) atoms. The van der Waals surface area contributed by atoms with Crippen LogP contribution >= 0.6 is 0 Å². The summed E-state index contributed by atoms with van der Waals surface area (Å²) in [6.07, 6.45) is 10.7. The molecule has 0 bridgehead atoms. The van der Waals surface area contributed by atoms with E-state index in [0.29, 0.717) is 5.82 Å². The van der Waals surface area contributed by atoms with Gasteiger partial charge in [-0.05, 0) is 37.8 Å². The Balaban J connectivity index is 1.55. The first-order valence-corrected chi connectivity index (χ1v) is 8.90. The van der Waals surface area contributed by atoms with Crippen molar-refractivity contribution in [1.29, 1.82) is 0 Å². The number of fused-ring (bicyclic) bond motifs is 1. The normalized spacial score (nSPS) is 20.2. The second-order valence-electron chi connectivity index (χ2n) is 6.99. The van der Waals surface area contributed by atoms with Gasteiger partial charge in [-0.1, -0.05) is 0 Å². The van der Waals surface area contributed by atoms with E-state index in [0.717, 1.165) is 47.7 Å². The molecule has 7 heteroatoms. The Morgan fingerprint density at radius 2 is 1.92 bits per heavy atom. The summed E-state index contributed by atoms with van der Waals surface area (Å²) >= 11 is 0. The van der Waals surface area contributed by atoms with E-state index in [1.54, 1.807) is 17.1 Å². The van der Waals surface area contributed by atoms with E-state index in [4.69, 9.17) is 5.73 Å². The van der Waals surface area contributed by atoms with Gasteiger partial charge < -0.3 is 11.1 Å². The third-order valence-corrected chi connectivity index (χ3v) is 5.00. The lowest BCUT2D eigenvalue weighted by Crippen LogP contribution is -2.32. The van der Waals surface area contributed by atoms with Gasteiger partial charge in [-0.15, -0.1) is 0 Å². The van der Waals surface area contributed by atoms with Crippen LogP contribution in [0.15, 0.2) is 36.9 Å². The molecule has 7 nitrogen and oxygen atoms in total. The molecule has 3 heterocycles. The van der Waals surface area contributed by atoms with Crippen LogP contribution in [0.2, 0.25) is 0 Å². The molecule has 3 aromatic rings. The van der Waals surface area contributed by atoms with Gasteiger partial charge >= 0.3 is 0 Å². The molecule has 0 aliphatic heterocycles. The van der Waals surface area contributed by atoms with Crippen molar-refractivity contribution in [2.24, 2.45) is 18.7 Å². The fourth-order valence-corrected chi connectivity index (χ4v) is 3.44. The molecule has 3 N–H and O–H groups in total. The number of pyridine rings is 2. The third kappa shape index (κ3) is 3.43. The minimum atomic E-state index is 0.0205. The molecule has 134 valence electrons. The Morgan fingerprint density at radius 1 is 1.12 bits per heavy atom. The van der Waals surface area contributed by atoms with Crippen molar-refractivity contribution in [1.82, 2.24) is 19.7 Å². The number of hydrogen-bond acceptors (Lipinski definition) is 5. The predicted molar refractivity (Wildman–Crippen MR) is 100 cm³/mol. The van der Waals surface area contributed by atoms with E-state index in [1.165, 1.54) is 0 Å². The number of rotatable bonds is 3. The van der Waals surface area contributed by atoms with Gasteiger partial charge in [0.25, 0.3) is 0 Å². The Labute approximate surface area is 151 Å². The molecular formula is C19H22N6O. The van der Waals surface area contributed by atoms with Gasteiger partial charge in [0.15, 0.2) is 0 Å². The van der Waals surface area contributed by atoms with E-state index in [2.05, 4.69) is 20.4 Å². The number of nitrogens with two attached hydrogens (primary N) is 1. The number of nitrogens with one attached hydrogen (secondary N) is 1. The fraction of sp³-hybridized carbons (Fsp3) is 0.368. The van der Waals surface area contributed by atoms with E-state index >= 15 is 0 Å². The van der Waals surface area contributed by atoms with Gasteiger partial charge in [0.05, 0.1) is 17.9 Å². The maximum absolute atomic E-state index is 12.5. The quantitative estimate of drug-likeness (QED) is 0.756. The number of nitrogens with zero attached hydrogens (tertiary/aromatic N) is 4. The second kappa shape index (κ2) is 6.84. The van der Waals surface area contributed by atoms with Gasteiger partial charge in [-0.25, -0.2) is 4.98 Å². The Kier molecular flexibility index (Phi) is 4.38. The molecular weight excluding hydrogens is 328 g/mol. The average Bonchev–Trinajstić information content (AvgIpc) is 3.08. The number of amides is 1. The van der Waals surface area contributed by atoms with Crippen LogP contribution in [0.5, 0.6) is 0 Å². The Bertz CT molecular complexity index is 942. The summed E-state index contributed by atoms with van der Waals surface area (Å²) < 4.78 is 1.76. The topological polar surface area (TPSA) is 98.7 Å². The van der Waals surface area contributed by atoms with Crippen molar-refractivity contribution in [2.45, 2.75) is 31.7 Å². The van der Waals surface area contributed by atoms with Crippen molar-refractivity contribution >= 4 is 22.6 Å². The van der Waals surface area contributed by atoms with Crippen LogP contribution in [-0.2, 0) is 11.8 Å². The summed E-state index contributed by atoms with van der Waals surface area (Å²) in [5, 5.41) is 8.08. The maximum Gasteiger partial charge on any atom is 0.228 e. The first-order valence-electron chi connectivity index (χ1n) is 8.90. The zero-order valence-corrected chi connectivity index (χ0v) is 14.7. The summed E-state index contributed by atoms with van der Waals surface area (Å²) in [7, 11) is 1.88. The first-order chi connectivity index (χ1) is 12.6. The highest BCUT2D eigenvalue weighted by Gasteiger charge is 2.24. The first kappa shape index (κ1) is 16.7. The molecule has 1 fully saturated rings. The lowest BCUT2D eigenvalue weighted by atomic mass is 9.86. The summed E-state index contributed by atoms with van der Waals surface area (Å²) in [4.78, 5) is 21.3.